The molecule has 0 bridgehead atoms. The van der Waals surface area contributed by atoms with E-state index in [-0.39, 0.29) is 5.91 Å². The van der Waals surface area contributed by atoms with Crippen molar-refractivity contribution >= 4 is 34.1 Å². The molecule has 1 amide bonds. The number of nitrogens with one attached hydrogen (secondary N) is 1. The van der Waals surface area contributed by atoms with Gasteiger partial charge in [-0.2, -0.15) is 0 Å². The van der Waals surface area contributed by atoms with E-state index in [1.54, 1.807) is 10.8 Å². The number of ether oxygens (including phenoxy) is 1. The molecule has 3 unspecified atom stereocenters. The first-order valence-electron chi connectivity index (χ1n) is 7.88. The van der Waals surface area contributed by atoms with Crippen LogP contribution >= 0.6 is 11.3 Å². The van der Waals surface area contributed by atoms with Crippen LogP contribution in [-0.4, -0.2) is 53.8 Å². The van der Waals surface area contributed by atoms with Gasteiger partial charge < -0.3 is 29.9 Å². The van der Waals surface area contributed by atoms with Crippen molar-refractivity contribution in [2.75, 3.05) is 5.32 Å². The predicted octanol–water partition coefficient (Wildman–Crippen LogP) is 0.685. The molecule has 4 N–H and O–H groups in total. The Kier molecular flexibility index (Phi) is 3.10. The quantitative estimate of drug-likeness (QED) is 0.493. The molecule has 2 aliphatic heterocycles. The van der Waals surface area contributed by atoms with Crippen LogP contribution in [0.4, 0.5) is 5.82 Å². The van der Waals surface area contributed by atoms with Gasteiger partial charge >= 0.3 is 0 Å². The molecule has 0 spiro atoms. The lowest BCUT2D eigenvalue weighted by molar-refractivity contribution is -0.141. The van der Waals surface area contributed by atoms with Crippen LogP contribution in [0.2, 0.25) is 0 Å². The maximum absolute atomic E-state index is 12.4. The number of fused-ring (bicyclic) bond motifs is 2. The van der Waals surface area contributed by atoms with E-state index in [1.165, 1.54) is 24.6 Å². The summed E-state index contributed by atoms with van der Waals surface area (Å²) in [5, 5.41) is 35.7. The lowest BCUT2D eigenvalue weighted by atomic mass is 9.99. The van der Waals surface area contributed by atoms with E-state index in [2.05, 4.69) is 15.3 Å². The molecule has 10 heteroatoms. The number of hydrogen-bond acceptors (Lipinski definition) is 8. The lowest BCUT2D eigenvalue weighted by Crippen LogP contribution is -2.43. The monoisotopic (exact) mass is 374 g/mol. The molecule has 26 heavy (non-hydrogen) atoms. The molecule has 3 aromatic heterocycles. The Balaban J connectivity index is 1.80. The molecule has 4 atom stereocenters. The van der Waals surface area contributed by atoms with E-state index in [1.807, 2.05) is 11.4 Å². The lowest BCUT2D eigenvalue weighted by Gasteiger charge is -2.27. The minimum atomic E-state index is -1.74. The fourth-order valence-electron chi connectivity index (χ4n) is 3.55. The van der Waals surface area contributed by atoms with Gasteiger partial charge in [-0.3, -0.25) is 4.79 Å². The van der Waals surface area contributed by atoms with Gasteiger partial charge in [0.2, 0.25) is 0 Å². The first kappa shape index (κ1) is 15.9. The highest BCUT2D eigenvalue weighted by molar-refractivity contribution is 7.12. The Hall–Kier alpha value is -2.37. The van der Waals surface area contributed by atoms with Crippen LogP contribution < -0.4 is 5.32 Å². The van der Waals surface area contributed by atoms with Gasteiger partial charge in [0.25, 0.3) is 5.91 Å². The van der Waals surface area contributed by atoms with E-state index < -0.39 is 24.2 Å². The number of aliphatic hydroxyl groups is 3. The third-order valence-electron chi connectivity index (χ3n) is 4.89. The summed E-state index contributed by atoms with van der Waals surface area (Å²) in [7, 11) is 0. The second-order valence-corrected chi connectivity index (χ2v) is 7.45. The van der Waals surface area contributed by atoms with Gasteiger partial charge in [-0.25, -0.2) is 9.97 Å². The van der Waals surface area contributed by atoms with E-state index >= 15 is 0 Å². The van der Waals surface area contributed by atoms with E-state index in [9.17, 15) is 20.1 Å². The van der Waals surface area contributed by atoms with Crippen molar-refractivity contribution in [2.24, 2.45) is 0 Å². The number of carbonyl (C=O) groups is 1. The summed E-state index contributed by atoms with van der Waals surface area (Å²) < 4.78 is 6.95. The fourth-order valence-corrected chi connectivity index (χ4v) is 4.35. The van der Waals surface area contributed by atoms with Gasteiger partial charge in [-0.05, 0) is 18.4 Å². The molecule has 1 saturated heterocycles. The molecule has 0 aromatic carbocycles. The summed E-state index contributed by atoms with van der Waals surface area (Å²) in [5.41, 5.74) is 0.110. The molecular weight excluding hydrogens is 360 g/mol. The second kappa shape index (κ2) is 5.09. The average molecular weight is 374 g/mol. The van der Waals surface area contributed by atoms with Crippen molar-refractivity contribution in [3.8, 4) is 11.1 Å². The highest BCUT2D eigenvalue weighted by Crippen LogP contribution is 2.45. The Labute approximate surface area is 150 Å². The number of aliphatic hydroxyl groups excluding tert-OH is 2. The molecule has 0 radical (unpaired) electrons. The van der Waals surface area contributed by atoms with Crippen LogP contribution in [0.5, 0.6) is 0 Å². The topological polar surface area (TPSA) is 130 Å². The first-order valence-corrected chi connectivity index (χ1v) is 8.76. The molecule has 3 aromatic rings. The number of rotatable bonds is 1. The number of hydrogen-bond donors (Lipinski definition) is 4. The normalized spacial score (nSPS) is 30.3. The van der Waals surface area contributed by atoms with Crippen LogP contribution in [0, 0.1) is 0 Å². The van der Waals surface area contributed by atoms with Crippen LogP contribution in [0.3, 0.4) is 0 Å². The summed E-state index contributed by atoms with van der Waals surface area (Å²) in [6.45, 7) is 1.38. The number of carbonyl (C=O) groups excluding carboxylic acids is 1. The van der Waals surface area contributed by atoms with Gasteiger partial charge in [0.15, 0.2) is 12.5 Å². The summed E-state index contributed by atoms with van der Waals surface area (Å²) in [5.74, 6) is 0.114. The SMILES string of the molecule is CC1(O)C(n2cc3c4c(ncnc42)NC(=O)c2sccc2-3)OC(O)[C@H]1O. The summed E-state index contributed by atoms with van der Waals surface area (Å²) >= 11 is 1.31. The molecule has 9 nitrogen and oxygen atoms in total. The zero-order valence-electron chi connectivity index (χ0n) is 13.4. The summed E-state index contributed by atoms with van der Waals surface area (Å²) in [6, 6.07) is 1.83. The maximum atomic E-state index is 12.4. The highest BCUT2D eigenvalue weighted by atomic mass is 32.1. The number of aromatic nitrogens is 3. The van der Waals surface area contributed by atoms with Crippen molar-refractivity contribution in [1.29, 1.82) is 0 Å². The third kappa shape index (κ3) is 1.90. The predicted molar refractivity (Wildman–Crippen MR) is 91.6 cm³/mol. The van der Waals surface area contributed by atoms with Gasteiger partial charge in [0.1, 0.15) is 34.4 Å². The van der Waals surface area contributed by atoms with Crippen molar-refractivity contribution in [3.05, 3.63) is 28.8 Å². The summed E-state index contributed by atoms with van der Waals surface area (Å²) in [6.07, 6.45) is -1.07. The number of amides is 1. The van der Waals surface area contributed by atoms with Crippen molar-refractivity contribution in [2.45, 2.75) is 31.1 Å². The van der Waals surface area contributed by atoms with Gasteiger partial charge in [0, 0.05) is 17.3 Å². The maximum Gasteiger partial charge on any atom is 0.267 e. The number of nitrogens with zero attached hydrogens (tertiary/aromatic N) is 3. The zero-order chi connectivity index (χ0) is 18.2. The molecule has 0 saturated carbocycles. The smallest absolute Gasteiger partial charge is 0.267 e. The molecule has 1 fully saturated rings. The van der Waals surface area contributed by atoms with Crippen molar-refractivity contribution in [1.82, 2.24) is 14.5 Å². The van der Waals surface area contributed by atoms with Crippen LogP contribution in [0.15, 0.2) is 24.0 Å². The van der Waals surface area contributed by atoms with Crippen LogP contribution in [0.1, 0.15) is 22.8 Å². The van der Waals surface area contributed by atoms with Gasteiger partial charge in [0.05, 0.1) is 5.39 Å². The Morgan fingerprint density at radius 2 is 2.15 bits per heavy atom. The van der Waals surface area contributed by atoms with E-state index in [0.717, 1.165) is 5.56 Å². The third-order valence-corrected chi connectivity index (χ3v) is 5.81. The molecular formula is C16H14N4O5S. The van der Waals surface area contributed by atoms with Gasteiger partial charge in [-0.1, -0.05) is 0 Å². The van der Waals surface area contributed by atoms with Crippen LogP contribution in [0.25, 0.3) is 22.2 Å². The Morgan fingerprint density at radius 3 is 2.88 bits per heavy atom. The zero-order valence-corrected chi connectivity index (χ0v) is 14.3. The van der Waals surface area contributed by atoms with Gasteiger partial charge in [-0.15, -0.1) is 11.3 Å². The van der Waals surface area contributed by atoms with E-state index in [0.29, 0.717) is 27.3 Å². The Bertz CT molecular complexity index is 1060. The van der Waals surface area contributed by atoms with E-state index in [4.69, 9.17) is 4.74 Å². The average Bonchev–Trinajstić information content (AvgIpc) is 3.25. The minimum absolute atomic E-state index is 0.243. The molecule has 134 valence electrons. The Morgan fingerprint density at radius 1 is 1.35 bits per heavy atom. The van der Waals surface area contributed by atoms with Crippen LogP contribution in [-0.2, 0) is 4.74 Å². The molecule has 5 heterocycles. The minimum Gasteiger partial charge on any atom is -0.385 e. The molecule has 0 aliphatic carbocycles. The van der Waals surface area contributed by atoms with Crippen molar-refractivity contribution in [3.63, 3.8) is 0 Å². The molecule has 5 rings (SSSR count). The largest absolute Gasteiger partial charge is 0.385 e. The second-order valence-electron chi connectivity index (χ2n) is 6.54. The van der Waals surface area contributed by atoms with Crippen molar-refractivity contribution < 1.29 is 24.9 Å². The fraction of sp³-hybridized carbons (Fsp3) is 0.312. The summed E-state index contributed by atoms with van der Waals surface area (Å²) in [4.78, 5) is 21.4. The number of anilines is 1. The highest BCUT2D eigenvalue weighted by Gasteiger charge is 2.53. The molecule has 2 aliphatic rings. The number of thiophene rings is 1. The first-order chi connectivity index (χ1) is 12.4. The standard InChI is InChI=1S/C16H14N4O5S/c1-16(24)10(21)14(23)25-15(16)20-4-7-6-2-3-26-9(6)13(22)19-11-8(7)12(20)18-5-17-11/h2-5,10,14-15,21,23-24H,1H3,(H,17,18,19,22)/t10-,14?,15?,16?/m1/s1.